The van der Waals surface area contributed by atoms with Crippen molar-refractivity contribution < 1.29 is 4.74 Å². The molecule has 0 aromatic rings. The summed E-state index contributed by atoms with van der Waals surface area (Å²) >= 11 is 0. The fraction of sp³-hybridized carbons (Fsp3) is 0.850. The summed E-state index contributed by atoms with van der Waals surface area (Å²) in [5, 5.41) is 0. The van der Waals surface area contributed by atoms with Crippen LogP contribution in [0.25, 0.3) is 0 Å². The Balaban J connectivity index is 1.97. The quantitative estimate of drug-likeness (QED) is 0.735. The molecule has 3 aliphatic rings. The number of aliphatic imine (C=N–C) groups is 1. The Morgan fingerprint density at radius 3 is 2.17 bits per heavy atom. The molecule has 4 heteroatoms. The number of nitrogens with zero attached hydrogens (tertiary/aromatic N) is 3. The topological polar surface area (TPSA) is 28.1 Å². The molecule has 2 fully saturated rings. The molecule has 3 aliphatic heterocycles. The van der Waals surface area contributed by atoms with E-state index in [1.807, 2.05) is 0 Å². The minimum absolute atomic E-state index is 0.0861. The maximum Gasteiger partial charge on any atom is 0.109 e. The second-order valence-corrected chi connectivity index (χ2v) is 9.61. The molecule has 0 aliphatic carbocycles. The summed E-state index contributed by atoms with van der Waals surface area (Å²) in [6.45, 7) is 21.1. The number of hydrogen-bond donors (Lipinski definition) is 0. The van der Waals surface area contributed by atoms with Gasteiger partial charge in [0.1, 0.15) is 5.84 Å². The predicted molar refractivity (Wildman–Crippen MR) is 100 cm³/mol. The average Bonchev–Trinajstić information content (AvgIpc) is 2.89. The van der Waals surface area contributed by atoms with Crippen molar-refractivity contribution in [1.29, 1.82) is 0 Å². The van der Waals surface area contributed by atoms with Gasteiger partial charge in [0.2, 0.25) is 0 Å². The van der Waals surface area contributed by atoms with Crippen molar-refractivity contribution in [2.24, 2.45) is 15.8 Å². The number of fused-ring (bicyclic) bond motifs is 1. The number of hydrogen-bond acceptors (Lipinski definition) is 4. The molecule has 0 unspecified atom stereocenters. The van der Waals surface area contributed by atoms with Gasteiger partial charge >= 0.3 is 0 Å². The Morgan fingerprint density at radius 1 is 1.00 bits per heavy atom. The normalized spacial score (nSPS) is 29.8. The third-order valence-corrected chi connectivity index (χ3v) is 5.49. The largest absolute Gasteiger partial charge is 0.379 e. The predicted octanol–water partition coefficient (Wildman–Crippen LogP) is 3.54. The van der Waals surface area contributed by atoms with Crippen molar-refractivity contribution >= 4 is 5.84 Å². The maximum absolute atomic E-state index is 5.55. The molecule has 2 atom stereocenters. The zero-order valence-corrected chi connectivity index (χ0v) is 16.6. The first-order chi connectivity index (χ1) is 11.1. The van der Waals surface area contributed by atoms with Crippen molar-refractivity contribution in [3.8, 4) is 0 Å². The van der Waals surface area contributed by atoms with E-state index in [1.54, 1.807) is 5.70 Å². The zero-order chi connectivity index (χ0) is 17.7. The lowest BCUT2D eigenvalue weighted by atomic mass is 9.79. The smallest absolute Gasteiger partial charge is 0.109 e. The van der Waals surface area contributed by atoms with Crippen LogP contribution in [0.4, 0.5) is 0 Å². The van der Waals surface area contributed by atoms with Crippen molar-refractivity contribution in [2.75, 3.05) is 32.8 Å². The lowest BCUT2D eigenvalue weighted by molar-refractivity contribution is 0.0195. The average molecular weight is 334 g/mol. The summed E-state index contributed by atoms with van der Waals surface area (Å²) < 4.78 is 5.55. The van der Waals surface area contributed by atoms with Crippen LogP contribution in [0, 0.1) is 10.8 Å². The van der Waals surface area contributed by atoms with E-state index in [4.69, 9.17) is 9.73 Å². The van der Waals surface area contributed by atoms with Crippen molar-refractivity contribution in [2.45, 2.75) is 67.0 Å². The van der Waals surface area contributed by atoms with Gasteiger partial charge in [0.15, 0.2) is 0 Å². The van der Waals surface area contributed by atoms with Crippen LogP contribution in [0.3, 0.4) is 0 Å². The summed E-state index contributed by atoms with van der Waals surface area (Å²) in [7, 11) is 0. The third-order valence-electron chi connectivity index (χ3n) is 5.49. The summed E-state index contributed by atoms with van der Waals surface area (Å²) in [5.41, 5.74) is 3.33. The van der Waals surface area contributed by atoms with Gasteiger partial charge in [0.25, 0.3) is 0 Å². The van der Waals surface area contributed by atoms with Gasteiger partial charge in [0.05, 0.1) is 19.3 Å². The zero-order valence-electron chi connectivity index (χ0n) is 16.6. The van der Waals surface area contributed by atoms with Crippen LogP contribution in [0.2, 0.25) is 0 Å². The van der Waals surface area contributed by atoms with Crippen LogP contribution in [-0.4, -0.2) is 60.6 Å². The van der Waals surface area contributed by atoms with Crippen molar-refractivity contribution in [3.63, 3.8) is 0 Å². The van der Waals surface area contributed by atoms with E-state index < -0.39 is 0 Å². The van der Waals surface area contributed by atoms with E-state index in [1.165, 1.54) is 11.4 Å². The number of morpholine rings is 1. The SMILES string of the molecule is C[C@@H]1N=C(C(C)(C)C)N2C[C@@H](N3CCOCC3)CC2=C1C(C)(C)C. The summed E-state index contributed by atoms with van der Waals surface area (Å²) in [6.07, 6.45) is 1.16. The van der Waals surface area contributed by atoms with Crippen LogP contribution in [0.15, 0.2) is 16.3 Å². The van der Waals surface area contributed by atoms with Gasteiger partial charge in [0, 0.05) is 43.2 Å². The summed E-state index contributed by atoms with van der Waals surface area (Å²) in [4.78, 5) is 10.3. The Hall–Kier alpha value is -0.870. The van der Waals surface area contributed by atoms with E-state index >= 15 is 0 Å². The van der Waals surface area contributed by atoms with Gasteiger partial charge < -0.3 is 9.64 Å². The van der Waals surface area contributed by atoms with Gasteiger partial charge in [-0.05, 0) is 17.9 Å². The van der Waals surface area contributed by atoms with E-state index in [0.29, 0.717) is 6.04 Å². The minimum Gasteiger partial charge on any atom is -0.379 e. The van der Waals surface area contributed by atoms with Gasteiger partial charge in [-0.25, -0.2) is 0 Å². The first-order valence-electron chi connectivity index (χ1n) is 9.50. The Bertz CT molecular complexity index is 544. The van der Waals surface area contributed by atoms with Gasteiger partial charge in [-0.2, -0.15) is 0 Å². The molecule has 0 saturated carbocycles. The molecular weight excluding hydrogens is 298 g/mol. The lowest BCUT2D eigenvalue weighted by Crippen LogP contribution is -2.47. The highest BCUT2D eigenvalue weighted by Crippen LogP contribution is 2.43. The van der Waals surface area contributed by atoms with Crippen molar-refractivity contribution in [3.05, 3.63) is 11.3 Å². The molecule has 136 valence electrons. The monoisotopic (exact) mass is 333 g/mol. The highest BCUT2D eigenvalue weighted by molar-refractivity contribution is 5.90. The molecule has 3 heterocycles. The Labute approximate surface area is 147 Å². The molecule has 4 nitrogen and oxygen atoms in total. The highest BCUT2D eigenvalue weighted by Gasteiger charge is 2.43. The second kappa shape index (κ2) is 6.14. The second-order valence-electron chi connectivity index (χ2n) is 9.61. The molecule has 3 rings (SSSR count). The number of amidine groups is 1. The van der Waals surface area contributed by atoms with E-state index in [0.717, 1.165) is 39.3 Å². The standard InChI is InChI=1S/C20H35N3O/c1-14-17(19(2,3)4)16-12-15(22-8-10-24-11-9-22)13-23(16)18(21-14)20(5,6)7/h14-15H,8-13H2,1-7H3/t14-,15-/m0/s1. The van der Waals surface area contributed by atoms with E-state index in [2.05, 4.69) is 58.3 Å². The molecule has 0 bridgehead atoms. The van der Waals surface area contributed by atoms with Crippen LogP contribution < -0.4 is 0 Å². The maximum atomic E-state index is 5.55. The van der Waals surface area contributed by atoms with E-state index in [-0.39, 0.29) is 16.9 Å². The summed E-state index contributed by atoms with van der Waals surface area (Å²) in [6, 6.07) is 0.882. The molecule has 0 aromatic heterocycles. The van der Waals surface area contributed by atoms with Crippen LogP contribution in [0.5, 0.6) is 0 Å². The third kappa shape index (κ3) is 3.28. The molecule has 0 aromatic carbocycles. The van der Waals surface area contributed by atoms with Gasteiger partial charge in [-0.15, -0.1) is 0 Å². The summed E-state index contributed by atoms with van der Waals surface area (Å²) in [5.74, 6) is 1.27. The van der Waals surface area contributed by atoms with Gasteiger partial charge in [-0.3, -0.25) is 9.89 Å². The van der Waals surface area contributed by atoms with Crippen LogP contribution in [-0.2, 0) is 4.74 Å². The molecule has 0 radical (unpaired) electrons. The van der Waals surface area contributed by atoms with E-state index in [9.17, 15) is 0 Å². The number of rotatable bonds is 1. The first kappa shape index (κ1) is 17.9. The fourth-order valence-electron chi connectivity index (χ4n) is 4.59. The molecule has 24 heavy (non-hydrogen) atoms. The molecule has 0 N–H and O–H groups in total. The molecule has 0 spiro atoms. The molecule has 0 amide bonds. The Kier molecular flexibility index (Phi) is 4.59. The molecular formula is C20H35N3O. The number of ether oxygens (including phenoxy) is 1. The Morgan fingerprint density at radius 2 is 1.62 bits per heavy atom. The van der Waals surface area contributed by atoms with Gasteiger partial charge in [-0.1, -0.05) is 41.5 Å². The fourth-order valence-corrected chi connectivity index (χ4v) is 4.59. The highest BCUT2D eigenvalue weighted by atomic mass is 16.5. The first-order valence-corrected chi connectivity index (χ1v) is 9.50. The van der Waals surface area contributed by atoms with Crippen LogP contribution >= 0.6 is 0 Å². The van der Waals surface area contributed by atoms with Crippen LogP contribution in [0.1, 0.15) is 54.9 Å². The lowest BCUT2D eigenvalue weighted by Gasteiger charge is -2.41. The molecule has 2 saturated heterocycles. The van der Waals surface area contributed by atoms with Crippen molar-refractivity contribution in [1.82, 2.24) is 9.80 Å². The minimum atomic E-state index is 0.0861.